The van der Waals surface area contributed by atoms with Gasteiger partial charge in [0.05, 0.1) is 12.1 Å². The SMILES string of the molecule is C=C[C@H]1OCC[C@H]1NC(c1ccccc1)c1ccccc1. The molecule has 3 rings (SSSR count). The molecule has 1 saturated heterocycles. The van der Waals surface area contributed by atoms with Crippen molar-refractivity contribution in [3.8, 4) is 0 Å². The van der Waals surface area contributed by atoms with Crippen LogP contribution in [0.1, 0.15) is 23.6 Å². The van der Waals surface area contributed by atoms with E-state index in [1.54, 1.807) is 0 Å². The van der Waals surface area contributed by atoms with Crippen molar-refractivity contribution < 1.29 is 4.74 Å². The highest BCUT2D eigenvalue weighted by atomic mass is 16.5. The average Bonchev–Trinajstić information content (AvgIpc) is 3.01. The number of nitrogens with one attached hydrogen (secondary N) is 1. The van der Waals surface area contributed by atoms with Gasteiger partial charge in [0, 0.05) is 12.6 Å². The van der Waals surface area contributed by atoms with E-state index in [2.05, 4.69) is 72.6 Å². The Hall–Kier alpha value is -1.90. The minimum absolute atomic E-state index is 0.0972. The molecule has 1 fully saturated rings. The maximum atomic E-state index is 5.71. The van der Waals surface area contributed by atoms with Crippen molar-refractivity contribution in [2.75, 3.05) is 6.61 Å². The predicted octanol–water partition coefficient (Wildman–Crippen LogP) is 3.71. The summed E-state index contributed by atoms with van der Waals surface area (Å²) >= 11 is 0. The molecule has 2 heteroatoms. The first-order chi connectivity index (χ1) is 10.4. The fourth-order valence-corrected chi connectivity index (χ4v) is 2.91. The number of hydrogen-bond donors (Lipinski definition) is 1. The molecule has 0 aromatic heterocycles. The third kappa shape index (κ3) is 3.23. The van der Waals surface area contributed by atoms with Gasteiger partial charge in [-0.05, 0) is 17.5 Å². The van der Waals surface area contributed by atoms with Crippen molar-refractivity contribution in [3.05, 3.63) is 84.4 Å². The second-order valence-corrected chi connectivity index (χ2v) is 5.39. The molecular formula is C19H21NO. The minimum Gasteiger partial charge on any atom is -0.372 e. The molecule has 2 nitrogen and oxygen atoms in total. The molecule has 1 N–H and O–H groups in total. The quantitative estimate of drug-likeness (QED) is 0.842. The molecule has 0 radical (unpaired) electrons. The molecule has 0 saturated carbocycles. The van der Waals surface area contributed by atoms with Crippen LogP contribution in [0, 0.1) is 0 Å². The van der Waals surface area contributed by atoms with Gasteiger partial charge in [-0.1, -0.05) is 66.7 Å². The Morgan fingerprint density at radius 3 is 2.10 bits per heavy atom. The van der Waals surface area contributed by atoms with Gasteiger partial charge >= 0.3 is 0 Å². The summed E-state index contributed by atoms with van der Waals surface area (Å²) < 4.78 is 5.71. The van der Waals surface area contributed by atoms with Crippen LogP contribution in [-0.2, 0) is 4.74 Å². The van der Waals surface area contributed by atoms with Crippen LogP contribution in [0.25, 0.3) is 0 Å². The molecule has 1 aliphatic heterocycles. The first-order valence-electron chi connectivity index (χ1n) is 7.48. The van der Waals surface area contributed by atoms with E-state index < -0.39 is 0 Å². The number of benzene rings is 2. The van der Waals surface area contributed by atoms with Gasteiger partial charge in [0.2, 0.25) is 0 Å². The van der Waals surface area contributed by atoms with E-state index in [4.69, 9.17) is 4.74 Å². The summed E-state index contributed by atoms with van der Waals surface area (Å²) in [5, 5.41) is 3.75. The van der Waals surface area contributed by atoms with Crippen LogP contribution >= 0.6 is 0 Å². The van der Waals surface area contributed by atoms with E-state index in [1.165, 1.54) is 11.1 Å². The molecule has 0 unspecified atom stereocenters. The number of rotatable bonds is 5. The van der Waals surface area contributed by atoms with Crippen molar-refractivity contribution in [2.45, 2.75) is 24.6 Å². The topological polar surface area (TPSA) is 21.3 Å². The molecule has 1 heterocycles. The lowest BCUT2D eigenvalue weighted by atomic mass is 9.96. The number of hydrogen-bond acceptors (Lipinski definition) is 2. The fourth-order valence-electron chi connectivity index (χ4n) is 2.91. The highest BCUT2D eigenvalue weighted by Gasteiger charge is 2.28. The Morgan fingerprint density at radius 2 is 1.57 bits per heavy atom. The molecule has 0 aliphatic carbocycles. The molecule has 21 heavy (non-hydrogen) atoms. The zero-order valence-corrected chi connectivity index (χ0v) is 12.1. The highest BCUT2D eigenvalue weighted by molar-refractivity contribution is 5.32. The summed E-state index contributed by atoms with van der Waals surface area (Å²) in [6.45, 7) is 4.68. The monoisotopic (exact) mass is 279 g/mol. The third-order valence-corrected chi connectivity index (χ3v) is 4.01. The molecule has 2 atom stereocenters. The molecule has 0 spiro atoms. The molecule has 2 aromatic carbocycles. The smallest absolute Gasteiger partial charge is 0.0907 e. The Morgan fingerprint density at radius 1 is 1.00 bits per heavy atom. The van der Waals surface area contributed by atoms with Crippen molar-refractivity contribution in [2.24, 2.45) is 0 Å². The van der Waals surface area contributed by atoms with Gasteiger partial charge < -0.3 is 10.1 Å². The molecule has 0 amide bonds. The van der Waals surface area contributed by atoms with Gasteiger partial charge in [0.25, 0.3) is 0 Å². The molecular weight excluding hydrogens is 258 g/mol. The maximum absolute atomic E-state index is 5.71. The molecule has 1 aliphatic rings. The maximum Gasteiger partial charge on any atom is 0.0907 e. The van der Waals surface area contributed by atoms with Crippen molar-refractivity contribution in [1.82, 2.24) is 5.32 Å². The average molecular weight is 279 g/mol. The van der Waals surface area contributed by atoms with E-state index in [0.29, 0.717) is 6.04 Å². The summed E-state index contributed by atoms with van der Waals surface area (Å²) in [6, 6.07) is 21.6. The van der Waals surface area contributed by atoms with Crippen LogP contribution in [0.2, 0.25) is 0 Å². The van der Waals surface area contributed by atoms with E-state index in [9.17, 15) is 0 Å². The number of ether oxygens (including phenoxy) is 1. The van der Waals surface area contributed by atoms with Gasteiger partial charge in [-0.3, -0.25) is 0 Å². The molecule has 2 aromatic rings. The van der Waals surface area contributed by atoms with Gasteiger partial charge in [0.15, 0.2) is 0 Å². The lowest BCUT2D eigenvalue weighted by molar-refractivity contribution is 0.133. The van der Waals surface area contributed by atoms with Crippen LogP contribution < -0.4 is 5.32 Å². The lowest BCUT2D eigenvalue weighted by Gasteiger charge is -2.26. The minimum atomic E-state index is 0.0972. The second kappa shape index (κ2) is 6.70. The highest BCUT2D eigenvalue weighted by Crippen LogP contribution is 2.25. The largest absolute Gasteiger partial charge is 0.372 e. The van der Waals surface area contributed by atoms with Crippen LogP contribution in [0.5, 0.6) is 0 Å². The Labute approximate surface area is 126 Å². The first-order valence-corrected chi connectivity index (χ1v) is 7.48. The van der Waals surface area contributed by atoms with Gasteiger partial charge in [-0.25, -0.2) is 0 Å². The van der Waals surface area contributed by atoms with Gasteiger partial charge in [-0.15, -0.1) is 6.58 Å². The summed E-state index contributed by atoms with van der Waals surface area (Å²) in [5.41, 5.74) is 2.55. The van der Waals surface area contributed by atoms with E-state index in [-0.39, 0.29) is 12.1 Å². The molecule has 108 valence electrons. The van der Waals surface area contributed by atoms with Crippen LogP contribution in [0.4, 0.5) is 0 Å². The lowest BCUT2D eigenvalue weighted by Crippen LogP contribution is -2.38. The Kier molecular flexibility index (Phi) is 4.49. The van der Waals surface area contributed by atoms with E-state index in [0.717, 1.165) is 13.0 Å². The van der Waals surface area contributed by atoms with Crippen molar-refractivity contribution >= 4 is 0 Å². The zero-order valence-electron chi connectivity index (χ0n) is 12.1. The van der Waals surface area contributed by atoms with Crippen LogP contribution in [0.15, 0.2) is 73.3 Å². The van der Waals surface area contributed by atoms with Crippen molar-refractivity contribution in [3.63, 3.8) is 0 Å². The summed E-state index contributed by atoms with van der Waals surface area (Å²) in [5.74, 6) is 0. The Balaban J connectivity index is 1.88. The summed E-state index contributed by atoms with van der Waals surface area (Å²) in [7, 11) is 0. The van der Waals surface area contributed by atoms with Gasteiger partial charge in [-0.2, -0.15) is 0 Å². The van der Waals surface area contributed by atoms with E-state index in [1.807, 2.05) is 6.08 Å². The second-order valence-electron chi connectivity index (χ2n) is 5.39. The van der Waals surface area contributed by atoms with Crippen LogP contribution in [0.3, 0.4) is 0 Å². The first kappa shape index (κ1) is 14.1. The Bertz CT molecular complexity index is 527. The predicted molar refractivity (Wildman–Crippen MR) is 86.2 cm³/mol. The fraction of sp³-hybridized carbons (Fsp3) is 0.263. The standard InChI is InChI=1S/C19H21NO/c1-2-18-17(13-14-21-18)20-19(15-9-5-3-6-10-15)16-11-7-4-8-12-16/h2-12,17-20H,1,13-14H2/t17-,18-/m1/s1. The van der Waals surface area contributed by atoms with Crippen LogP contribution in [-0.4, -0.2) is 18.8 Å². The molecule has 0 bridgehead atoms. The normalized spacial score (nSPS) is 21.6. The summed E-state index contributed by atoms with van der Waals surface area (Å²) in [4.78, 5) is 0. The summed E-state index contributed by atoms with van der Waals surface area (Å²) in [6.07, 6.45) is 3.02. The van der Waals surface area contributed by atoms with Crippen molar-refractivity contribution in [1.29, 1.82) is 0 Å². The van der Waals surface area contributed by atoms with E-state index >= 15 is 0 Å². The third-order valence-electron chi connectivity index (χ3n) is 4.01. The van der Waals surface area contributed by atoms with Gasteiger partial charge in [0.1, 0.15) is 0 Å². The zero-order chi connectivity index (χ0) is 14.5.